The van der Waals surface area contributed by atoms with Gasteiger partial charge in [0.15, 0.2) is 0 Å². The summed E-state index contributed by atoms with van der Waals surface area (Å²) in [7, 11) is -0.712. The highest BCUT2D eigenvalue weighted by atomic mass is 32.2. The molecular weight excluding hydrogens is 236 g/mol. The molecule has 17 heavy (non-hydrogen) atoms. The van der Waals surface area contributed by atoms with E-state index in [9.17, 15) is 4.21 Å². The first-order chi connectivity index (χ1) is 8.08. The molecule has 5 nitrogen and oxygen atoms in total. The number of nitrogens with two attached hydrogens (primary N) is 1. The highest BCUT2D eigenvalue weighted by Crippen LogP contribution is 2.19. The van der Waals surface area contributed by atoms with Crippen molar-refractivity contribution in [2.45, 2.75) is 6.92 Å². The summed E-state index contributed by atoms with van der Waals surface area (Å²) >= 11 is 0. The Bertz CT molecular complexity index is 465. The number of rotatable bonds is 2. The molecule has 92 valence electrons. The van der Waals surface area contributed by atoms with Crippen molar-refractivity contribution in [2.75, 3.05) is 29.5 Å². The molecule has 6 heteroatoms. The van der Waals surface area contributed by atoms with Gasteiger partial charge in [0.1, 0.15) is 11.7 Å². The maximum Gasteiger partial charge on any atom is 0.139 e. The van der Waals surface area contributed by atoms with E-state index in [1.807, 2.05) is 19.1 Å². The third kappa shape index (κ3) is 2.63. The molecule has 1 aliphatic rings. The second-order valence-corrected chi connectivity index (χ2v) is 5.77. The van der Waals surface area contributed by atoms with Gasteiger partial charge in [-0.2, -0.15) is 0 Å². The summed E-state index contributed by atoms with van der Waals surface area (Å²) in [5.41, 5.74) is 7.11. The first-order valence-electron chi connectivity index (χ1n) is 5.50. The molecule has 3 N–H and O–H groups in total. The van der Waals surface area contributed by atoms with Gasteiger partial charge in [-0.05, 0) is 19.1 Å². The van der Waals surface area contributed by atoms with Crippen molar-refractivity contribution in [2.24, 2.45) is 5.73 Å². The number of nitrogens with one attached hydrogen (secondary N) is 1. The van der Waals surface area contributed by atoms with Crippen molar-refractivity contribution in [3.8, 4) is 0 Å². The Labute approximate surface area is 103 Å². The van der Waals surface area contributed by atoms with E-state index in [-0.39, 0.29) is 5.84 Å². The average molecular weight is 252 g/mol. The Balaban J connectivity index is 2.33. The van der Waals surface area contributed by atoms with Crippen LogP contribution in [0.4, 0.5) is 5.82 Å². The van der Waals surface area contributed by atoms with Gasteiger partial charge in [-0.1, -0.05) is 0 Å². The van der Waals surface area contributed by atoms with Crippen LogP contribution >= 0.6 is 0 Å². The third-order valence-electron chi connectivity index (χ3n) is 2.78. The fraction of sp³-hybridized carbons (Fsp3) is 0.455. The summed E-state index contributed by atoms with van der Waals surface area (Å²) in [6.45, 7) is 3.34. The van der Waals surface area contributed by atoms with Gasteiger partial charge in [-0.25, -0.2) is 4.98 Å². The molecule has 0 amide bonds. The Morgan fingerprint density at radius 2 is 2.12 bits per heavy atom. The lowest BCUT2D eigenvalue weighted by Crippen LogP contribution is -2.39. The summed E-state index contributed by atoms with van der Waals surface area (Å²) in [4.78, 5) is 6.51. The number of amidine groups is 1. The predicted octanol–water partition coefficient (Wildman–Crippen LogP) is 0.243. The molecule has 0 aromatic carbocycles. The van der Waals surface area contributed by atoms with Crippen LogP contribution in [0.3, 0.4) is 0 Å². The zero-order valence-electron chi connectivity index (χ0n) is 9.77. The number of pyridine rings is 1. The minimum atomic E-state index is -0.712. The van der Waals surface area contributed by atoms with Gasteiger partial charge < -0.3 is 10.6 Å². The first-order valence-corrected chi connectivity index (χ1v) is 6.98. The van der Waals surface area contributed by atoms with Crippen molar-refractivity contribution in [3.63, 3.8) is 0 Å². The van der Waals surface area contributed by atoms with Crippen LogP contribution in [0, 0.1) is 12.3 Å². The van der Waals surface area contributed by atoms with Crippen LogP contribution in [-0.4, -0.2) is 39.6 Å². The molecule has 0 saturated carbocycles. The zero-order chi connectivity index (χ0) is 12.4. The highest BCUT2D eigenvalue weighted by molar-refractivity contribution is 7.85. The summed E-state index contributed by atoms with van der Waals surface area (Å²) in [5.74, 6) is 2.09. The number of aryl methyl sites for hydroxylation is 1. The van der Waals surface area contributed by atoms with Crippen molar-refractivity contribution < 1.29 is 4.21 Å². The topological polar surface area (TPSA) is 83.1 Å². The van der Waals surface area contributed by atoms with E-state index >= 15 is 0 Å². The highest BCUT2D eigenvalue weighted by Gasteiger charge is 2.20. The summed E-state index contributed by atoms with van der Waals surface area (Å²) in [6.07, 6.45) is 0. The van der Waals surface area contributed by atoms with Gasteiger partial charge >= 0.3 is 0 Å². The minimum absolute atomic E-state index is 0.0270. The smallest absolute Gasteiger partial charge is 0.139 e. The molecular formula is C11H16N4OS. The molecule has 0 unspecified atom stereocenters. The minimum Gasteiger partial charge on any atom is -0.384 e. The Kier molecular flexibility index (Phi) is 3.42. The molecule has 0 bridgehead atoms. The van der Waals surface area contributed by atoms with E-state index in [2.05, 4.69) is 9.88 Å². The van der Waals surface area contributed by atoms with Gasteiger partial charge in [0, 0.05) is 41.1 Å². The second kappa shape index (κ2) is 4.83. The molecule has 1 aromatic rings. The van der Waals surface area contributed by atoms with E-state index in [1.54, 1.807) is 0 Å². The fourth-order valence-corrected chi connectivity index (χ4v) is 2.90. The van der Waals surface area contributed by atoms with Gasteiger partial charge in [0.05, 0.1) is 5.56 Å². The largest absolute Gasteiger partial charge is 0.384 e. The molecule has 2 rings (SSSR count). The molecule has 0 atom stereocenters. The summed E-state index contributed by atoms with van der Waals surface area (Å²) < 4.78 is 11.3. The van der Waals surface area contributed by atoms with E-state index < -0.39 is 10.8 Å². The molecule has 1 aromatic heterocycles. The van der Waals surface area contributed by atoms with Crippen molar-refractivity contribution >= 4 is 22.5 Å². The Morgan fingerprint density at radius 1 is 1.47 bits per heavy atom. The third-order valence-corrected chi connectivity index (χ3v) is 4.06. The number of hydrogen-bond donors (Lipinski definition) is 2. The van der Waals surface area contributed by atoms with Crippen LogP contribution in [-0.2, 0) is 10.8 Å². The molecule has 1 saturated heterocycles. The first kappa shape index (κ1) is 12.0. The second-order valence-electron chi connectivity index (χ2n) is 4.07. The molecule has 0 spiro atoms. The molecule has 2 heterocycles. The zero-order valence-corrected chi connectivity index (χ0v) is 10.6. The molecule has 1 fully saturated rings. The fourth-order valence-electron chi connectivity index (χ4n) is 1.84. The number of anilines is 1. The van der Waals surface area contributed by atoms with Crippen LogP contribution in [0.1, 0.15) is 11.3 Å². The number of nitrogen functional groups attached to an aromatic ring is 1. The Morgan fingerprint density at radius 3 is 2.71 bits per heavy atom. The molecule has 0 radical (unpaired) electrons. The lowest BCUT2D eigenvalue weighted by molar-refractivity contribution is 0.672. The van der Waals surface area contributed by atoms with E-state index in [4.69, 9.17) is 11.1 Å². The average Bonchev–Trinajstić information content (AvgIpc) is 2.29. The number of nitrogens with zero attached hydrogens (tertiary/aromatic N) is 2. The maximum atomic E-state index is 11.3. The van der Waals surface area contributed by atoms with Gasteiger partial charge in [-0.15, -0.1) is 0 Å². The van der Waals surface area contributed by atoms with E-state index in [0.29, 0.717) is 30.2 Å². The van der Waals surface area contributed by atoms with Crippen LogP contribution in [0.15, 0.2) is 12.1 Å². The molecule has 1 aliphatic heterocycles. The van der Waals surface area contributed by atoms with Gasteiger partial charge in [0.2, 0.25) is 0 Å². The predicted molar refractivity (Wildman–Crippen MR) is 70.1 cm³/mol. The quantitative estimate of drug-likeness (QED) is 0.583. The Hall–Kier alpha value is -1.43. The van der Waals surface area contributed by atoms with Gasteiger partial charge in [-0.3, -0.25) is 9.62 Å². The standard InChI is InChI=1S/C11H16N4OS/c1-8-2-3-9(10(12)13)11(14-8)15-4-6-17(16)7-5-15/h2-3H,4-7H2,1H3,(H3,12,13). The monoisotopic (exact) mass is 252 g/mol. The SMILES string of the molecule is Cc1ccc(C(=N)N)c(N2CCS(=O)CC2)n1. The van der Waals surface area contributed by atoms with E-state index in [0.717, 1.165) is 11.5 Å². The van der Waals surface area contributed by atoms with Crippen LogP contribution in [0.25, 0.3) is 0 Å². The summed E-state index contributed by atoms with van der Waals surface area (Å²) in [5, 5.41) is 7.56. The molecule has 0 aliphatic carbocycles. The van der Waals surface area contributed by atoms with Crippen molar-refractivity contribution in [3.05, 3.63) is 23.4 Å². The van der Waals surface area contributed by atoms with Crippen LogP contribution in [0.5, 0.6) is 0 Å². The number of aromatic nitrogens is 1. The number of hydrogen-bond acceptors (Lipinski definition) is 4. The maximum absolute atomic E-state index is 11.3. The van der Waals surface area contributed by atoms with E-state index in [1.165, 1.54) is 0 Å². The van der Waals surface area contributed by atoms with Crippen molar-refractivity contribution in [1.82, 2.24) is 4.98 Å². The summed E-state index contributed by atoms with van der Waals surface area (Å²) in [6, 6.07) is 3.67. The van der Waals surface area contributed by atoms with Crippen LogP contribution < -0.4 is 10.6 Å². The lowest BCUT2D eigenvalue weighted by atomic mass is 10.2. The van der Waals surface area contributed by atoms with Crippen LogP contribution in [0.2, 0.25) is 0 Å². The van der Waals surface area contributed by atoms with Gasteiger partial charge in [0.25, 0.3) is 0 Å². The normalized spacial score (nSPS) is 17.1. The lowest BCUT2D eigenvalue weighted by Gasteiger charge is -2.29. The van der Waals surface area contributed by atoms with Crippen molar-refractivity contribution in [1.29, 1.82) is 5.41 Å².